The smallest absolute Gasteiger partial charge is 0.239 e. The number of nitrogens with zero attached hydrogens (tertiary/aromatic N) is 1. The molecular weight excluding hydrogens is 318 g/mol. The van der Waals surface area contributed by atoms with Gasteiger partial charge in [0.25, 0.3) is 0 Å². The summed E-state index contributed by atoms with van der Waals surface area (Å²) in [5, 5.41) is 3.17. The van der Waals surface area contributed by atoms with E-state index in [0.717, 1.165) is 25.7 Å². The molecule has 6 heteroatoms. The lowest BCUT2D eigenvalue weighted by Crippen LogP contribution is -2.53. The van der Waals surface area contributed by atoms with E-state index < -0.39 is 6.04 Å². The number of ether oxygens (including phenoxy) is 1. The van der Waals surface area contributed by atoms with Crippen molar-refractivity contribution in [3.05, 3.63) is 0 Å². The summed E-state index contributed by atoms with van der Waals surface area (Å²) in [6, 6.07) is -0.199. The first-order valence-electron chi connectivity index (χ1n) is 10.0. The molecule has 2 aliphatic heterocycles. The van der Waals surface area contributed by atoms with E-state index in [4.69, 9.17) is 10.5 Å². The van der Waals surface area contributed by atoms with Crippen molar-refractivity contribution < 1.29 is 14.3 Å². The Morgan fingerprint density at radius 2 is 1.68 bits per heavy atom. The second kappa shape index (κ2) is 8.99. The SMILES string of the molecule is NC(C(=O)N1CCC(NC(=O)CC2CCCC2)CC1)C1CCOCC1. The molecule has 3 N–H and O–H groups in total. The molecule has 0 aromatic carbocycles. The van der Waals surface area contributed by atoms with Crippen molar-refractivity contribution in [3.63, 3.8) is 0 Å². The van der Waals surface area contributed by atoms with Crippen LogP contribution in [0.2, 0.25) is 0 Å². The molecule has 1 saturated carbocycles. The highest BCUT2D eigenvalue weighted by atomic mass is 16.5. The molecule has 1 aliphatic carbocycles. The zero-order chi connectivity index (χ0) is 17.6. The third-order valence-electron chi connectivity index (χ3n) is 6.18. The molecule has 0 spiro atoms. The molecule has 1 atom stereocenters. The van der Waals surface area contributed by atoms with Gasteiger partial charge in [0, 0.05) is 38.8 Å². The van der Waals surface area contributed by atoms with Gasteiger partial charge in [-0.2, -0.15) is 0 Å². The number of hydrogen-bond acceptors (Lipinski definition) is 4. The number of hydrogen-bond donors (Lipinski definition) is 2. The quantitative estimate of drug-likeness (QED) is 0.785. The summed E-state index contributed by atoms with van der Waals surface area (Å²) in [6.45, 7) is 2.82. The third kappa shape index (κ3) is 5.17. The van der Waals surface area contributed by atoms with E-state index in [-0.39, 0.29) is 23.8 Å². The van der Waals surface area contributed by atoms with Gasteiger partial charge in [-0.25, -0.2) is 0 Å². The van der Waals surface area contributed by atoms with Gasteiger partial charge < -0.3 is 20.7 Å². The van der Waals surface area contributed by atoms with E-state index in [1.54, 1.807) is 0 Å². The number of nitrogens with one attached hydrogen (secondary N) is 1. The molecule has 2 heterocycles. The largest absolute Gasteiger partial charge is 0.381 e. The van der Waals surface area contributed by atoms with Gasteiger partial charge in [0.2, 0.25) is 11.8 Å². The van der Waals surface area contributed by atoms with E-state index in [1.165, 1.54) is 25.7 Å². The zero-order valence-corrected chi connectivity index (χ0v) is 15.3. The normalized spacial score (nSPS) is 25.1. The highest BCUT2D eigenvalue weighted by Gasteiger charge is 2.32. The molecular formula is C19H33N3O3. The van der Waals surface area contributed by atoms with Crippen LogP contribution in [0.4, 0.5) is 0 Å². The van der Waals surface area contributed by atoms with Crippen molar-refractivity contribution >= 4 is 11.8 Å². The van der Waals surface area contributed by atoms with Crippen LogP contribution in [0.25, 0.3) is 0 Å². The monoisotopic (exact) mass is 351 g/mol. The predicted molar refractivity (Wildman–Crippen MR) is 95.8 cm³/mol. The number of carbonyl (C=O) groups is 2. The topological polar surface area (TPSA) is 84.7 Å². The van der Waals surface area contributed by atoms with Crippen molar-refractivity contribution in [2.24, 2.45) is 17.6 Å². The lowest BCUT2D eigenvalue weighted by molar-refractivity contribution is -0.135. The van der Waals surface area contributed by atoms with Crippen molar-refractivity contribution in [1.29, 1.82) is 0 Å². The van der Waals surface area contributed by atoms with Gasteiger partial charge in [-0.15, -0.1) is 0 Å². The van der Waals surface area contributed by atoms with Crippen LogP contribution in [0.5, 0.6) is 0 Å². The van der Waals surface area contributed by atoms with Crippen molar-refractivity contribution in [2.75, 3.05) is 26.3 Å². The minimum atomic E-state index is -0.405. The second-order valence-electron chi connectivity index (χ2n) is 8.00. The van der Waals surface area contributed by atoms with Crippen LogP contribution in [0.3, 0.4) is 0 Å². The first kappa shape index (κ1) is 18.6. The van der Waals surface area contributed by atoms with Crippen LogP contribution >= 0.6 is 0 Å². The fraction of sp³-hybridized carbons (Fsp3) is 0.895. The number of likely N-dealkylation sites (tertiary alicyclic amines) is 1. The highest BCUT2D eigenvalue weighted by molar-refractivity contribution is 5.82. The summed E-state index contributed by atoms with van der Waals surface area (Å²) >= 11 is 0. The molecule has 3 aliphatic rings. The summed E-state index contributed by atoms with van der Waals surface area (Å²) < 4.78 is 5.35. The Kier molecular flexibility index (Phi) is 6.70. The van der Waals surface area contributed by atoms with Gasteiger partial charge in [-0.1, -0.05) is 12.8 Å². The number of piperidine rings is 1. The van der Waals surface area contributed by atoms with Gasteiger partial charge in [0.05, 0.1) is 6.04 Å². The molecule has 3 fully saturated rings. The van der Waals surface area contributed by atoms with Crippen molar-refractivity contribution in [3.8, 4) is 0 Å². The first-order chi connectivity index (χ1) is 12.1. The summed E-state index contributed by atoms with van der Waals surface area (Å²) in [5.41, 5.74) is 6.21. The predicted octanol–water partition coefficient (Wildman–Crippen LogP) is 1.43. The maximum atomic E-state index is 12.6. The standard InChI is InChI=1S/C19H33N3O3/c20-18(15-7-11-25-12-8-15)19(24)22-9-5-16(6-10-22)21-17(23)13-14-3-1-2-4-14/h14-16,18H,1-13,20H2,(H,21,23). The third-order valence-corrected chi connectivity index (χ3v) is 6.18. The second-order valence-corrected chi connectivity index (χ2v) is 8.00. The van der Waals surface area contributed by atoms with Crippen LogP contribution < -0.4 is 11.1 Å². The number of carbonyl (C=O) groups excluding carboxylic acids is 2. The summed E-state index contributed by atoms with van der Waals surface area (Å²) in [7, 11) is 0. The van der Waals surface area contributed by atoms with Gasteiger partial charge in [-0.3, -0.25) is 9.59 Å². The van der Waals surface area contributed by atoms with E-state index >= 15 is 0 Å². The molecule has 2 amide bonds. The summed E-state index contributed by atoms with van der Waals surface area (Å²) in [4.78, 5) is 26.7. The number of amides is 2. The van der Waals surface area contributed by atoms with Gasteiger partial charge in [-0.05, 0) is 50.4 Å². The fourth-order valence-corrected chi connectivity index (χ4v) is 4.49. The first-order valence-corrected chi connectivity index (χ1v) is 10.0. The Bertz CT molecular complexity index is 451. The van der Waals surface area contributed by atoms with Gasteiger partial charge in [0.15, 0.2) is 0 Å². The summed E-state index contributed by atoms with van der Waals surface area (Å²) in [5.74, 6) is 1.09. The lowest BCUT2D eigenvalue weighted by atomic mass is 9.91. The molecule has 0 bridgehead atoms. The number of rotatable bonds is 5. The van der Waals surface area contributed by atoms with Crippen LogP contribution in [-0.2, 0) is 14.3 Å². The van der Waals surface area contributed by atoms with Crippen LogP contribution in [0.15, 0.2) is 0 Å². The minimum Gasteiger partial charge on any atom is -0.381 e. The van der Waals surface area contributed by atoms with Crippen LogP contribution in [-0.4, -0.2) is 55.1 Å². The summed E-state index contributed by atoms with van der Waals surface area (Å²) in [6.07, 6.45) is 9.03. The maximum absolute atomic E-state index is 12.6. The maximum Gasteiger partial charge on any atom is 0.239 e. The molecule has 2 saturated heterocycles. The molecule has 6 nitrogen and oxygen atoms in total. The average molecular weight is 351 g/mol. The molecule has 142 valence electrons. The van der Waals surface area contributed by atoms with Crippen molar-refractivity contribution in [2.45, 2.75) is 69.9 Å². The lowest BCUT2D eigenvalue weighted by Gasteiger charge is -2.36. The highest BCUT2D eigenvalue weighted by Crippen LogP contribution is 2.27. The molecule has 25 heavy (non-hydrogen) atoms. The zero-order valence-electron chi connectivity index (χ0n) is 15.3. The van der Waals surface area contributed by atoms with Crippen LogP contribution in [0.1, 0.15) is 57.8 Å². The Labute approximate surface area is 150 Å². The Morgan fingerprint density at radius 1 is 1.04 bits per heavy atom. The Balaban J connectivity index is 1.38. The molecule has 0 aromatic rings. The fourth-order valence-electron chi connectivity index (χ4n) is 4.49. The van der Waals surface area contributed by atoms with E-state index in [9.17, 15) is 9.59 Å². The molecule has 1 unspecified atom stereocenters. The Hall–Kier alpha value is -1.14. The molecule has 0 radical (unpaired) electrons. The van der Waals surface area contributed by atoms with E-state index in [1.807, 2.05) is 4.90 Å². The van der Waals surface area contributed by atoms with E-state index in [0.29, 0.717) is 38.6 Å². The number of nitrogens with two attached hydrogens (primary N) is 1. The Morgan fingerprint density at radius 3 is 2.32 bits per heavy atom. The van der Waals surface area contributed by atoms with Gasteiger partial charge in [0.1, 0.15) is 0 Å². The molecule has 3 rings (SSSR count). The van der Waals surface area contributed by atoms with Gasteiger partial charge >= 0.3 is 0 Å². The molecule has 0 aromatic heterocycles. The van der Waals surface area contributed by atoms with Crippen molar-refractivity contribution in [1.82, 2.24) is 10.2 Å². The van der Waals surface area contributed by atoms with Crippen LogP contribution in [0, 0.1) is 11.8 Å². The average Bonchev–Trinajstić information content (AvgIpc) is 3.14. The minimum absolute atomic E-state index is 0.0719. The van der Waals surface area contributed by atoms with E-state index in [2.05, 4.69) is 5.32 Å².